The summed E-state index contributed by atoms with van der Waals surface area (Å²) in [6.07, 6.45) is 7.83. The molecule has 0 amide bonds. The monoisotopic (exact) mass is 262 g/mol. The molecule has 18 heavy (non-hydrogen) atoms. The molecular weight excluding hydrogens is 252 g/mol. The topological polar surface area (TPSA) is 55.5 Å². The van der Waals surface area contributed by atoms with E-state index >= 15 is 0 Å². The molecule has 2 rings (SSSR count). The molecule has 1 aromatic carbocycles. The number of nitrogens with zero attached hydrogens (tertiary/aromatic N) is 2. The van der Waals surface area contributed by atoms with Gasteiger partial charge >= 0.3 is 5.00 Å². The summed E-state index contributed by atoms with van der Waals surface area (Å²) >= 11 is 5.99. The lowest BCUT2D eigenvalue weighted by molar-refractivity contribution is -0.529. The van der Waals surface area contributed by atoms with E-state index in [-0.39, 0.29) is 0 Å². The van der Waals surface area contributed by atoms with Gasteiger partial charge in [0.1, 0.15) is 0 Å². The van der Waals surface area contributed by atoms with Crippen molar-refractivity contribution in [3.63, 3.8) is 0 Å². The fraction of sp³-hybridized carbons (Fsp3) is 0.154. The Morgan fingerprint density at radius 1 is 1.33 bits per heavy atom. The van der Waals surface area contributed by atoms with Gasteiger partial charge < -0.3 is 0 Å². The molecule has 0 bridgehead atoms. The Balaban J connectivity index is 2.23. The molecule has 0 aliphatic heterocycles. The van der Waals surface area contributed by atoms with Gasteiger partial charge in [-0.2, -0.15) is 0 Å². The minimum absolute atomic E-state index is 0.526. The molecule has 0 heterocycles. The highest BCUT2D eigenvalue weighted by atomic mass is 35.5. The molecule has 1 aliphatic carbocycles. The first kappa shape index (κ1) is 12.5. The van der Waals surface area contributed by atoms with E-state index in [1.807, 2.05) is 30.3 Å². The van der Waals surface area contributed by atoms with E-state index < -0.39 is 16.0 Å². The average molecular weight is 263 g/mol. The number of rotatable bonds is 3. The Labute approximate surface area is 109 Å². The third-order valence-electron chi connectivity index (χ3n) is 2.61. The van der Waals surface area contributed by atoms with Crippen LogP contribution in [0.2, 0.25) is 0 Å². The molecule has 0 N–H and O–H groups in total. The standard InChI is InChI=1S/C13H11ClN2O2/c14-13(16(17)18)9-5-4-8-12(13)15-10-11-6-2-1-3-7-11/h1-10,12H. The van der Waals surface area contributed by atoms with E-state index in [0.717, 1.165) is 5.56 Å². The van der Waals surface area contributed by atoms with Crippen molar-refractivity contribution in [2.75, 3.05) is 0 Å². The summed E-state index contributed by atoms with van der Waals surface area (Å²) in [6.45, 7) is 0. The maximum absolute atomic E-state index is 11.0. The van der Waals surface area contributed by atoms with Gasteiger partial charge in [0.25, 0.3) is 0 Å². The van der Waals surface area contributed by atoms with Crippen LogP contribution in [0.3, 0.4) is 0 Å². The van der Waals surface area contributed by atoms with Crippen LogP contribution in [0.4, 0.5) is 0 Å². The fourth-order valence-electron chi connectivity index (χ4n) is 1.62. The molecule has 0 radical (unpaired) electrons. The summed E-state index contributed by atoms with van der Waals surface area (Å²) in [5.41, 5.74) is 0.878. The van der Waals surface area contributed by atoms with Gasteiger partial charge in [0, 0.05) is 17.2 Å². The van der Waals surface area contributed by atoms with Gasteiger partial charge in [0.05, 0.1) is 0 Å². The minimum atomic E-state index is -1.69. The number of hydrogen-bond donors (Lipinski definition) is 0. The average Bonchev–Trinajstić information content (AvgIpc) is 2.39. The van der Waals surface area contributed by atoms with Crippen molar-refractivity contribution in [1.29, 1.82) is 0 Å². The van der Waals surface area contributed by atoms with Gasteiger partial charge in [-0.1, -0.05) is 48.6 Å². The third-order valence-corrected chi connectivity index (χ3v) is 3.10. The van der Waals surface area contributed by atoms with Crippen LogP contribution in [0.25, 0.3) is 0 Å². The van der Waals surface area contributed by atoms with Crippen LogP contribution in [-0.4, -0.2) is 22.2 Å². The number of benzene rings is 1. The highest BCUT2D eigenvalue weighted by molar-refractivity contribution is 6.24. The van der Waals surface area contributed by atoms with Crippen molar-refractivity contribution < 1.29 is 4.92 Å². The van der Waals surface area contributed by atoms with E-state index in [9.17, 15) is 10.1 Å². The predicted molar refractivity (Wildman–Crippen MR) is 71.7 cm³/mol. The van der Waals surface area contributed by atoms with E-state index in [0.29, 0.717) is 0 Å². The van der Waals surface area contributed by atoms with Crippen LogP contribution in [0, 0.1) is 10.1 Å². The number of hydrogen-bond acceptors (Lipinski definition) is 3. The molecule has 0 fully saturated rings. The SMILES string of the molecule is O=[N+]([O-])C1(Cl)C=CC=CC1N=Cc1ccccc1. The molecular formula is C13H11ClN2O2. The van der Waals surface area contributed by atoms with E-state index in [4.69, 9.17) is 11.6 Å². The third kappa shape index (κ3) is 2.49. The molecule has 0 aromatic heterocycles. The normalized spacial score (nSPS) is 26.6. The molecule has 0 saturated heterocycles. The first-order valence-corrected chi connectivity index (χ1v) is 5.78. The smallest absolute Gasteiger partial charge is 0.276 e. The van der Waals surface area contributed by atoms with Crippen molar-refractivity contribution in [2.45, 2.75) is 11.0 Å². The minimum Gasteiger partial charge on any atom is -0.276 e. The lowest BCUT2D eigenvalue weighted by Crippen LogP contribution is -2.41. The Morgan fingerprint density at radius 3 is 2.72 bits per heavy atom. The van der Waals surface area contributed by atoms with Crippen LogP contribution >= 0.6 is 11.6 Å². The molecule has 92 valence electrons. The summed E-state index contributed by atoms with van der Waals surface area (Å²) in [7, 11) is 0. The van der Waals surface area contributed by atoms with Crippen molar-refractivity contribution in [2.24, 2.45) is 4.99 Å². The summed E-state index contributed by atoms with van der Waals surface area (Å²) in [5.74, 6) is 0. The summed E-state index contributed by atoms with van der Waals surface area (Å²) < 4.78 is 0. The Morgan fingerprint density at radius 2 is 2.06 bits per heavy atom. The second-order valence-electron chi connectivity index (χ2n) is 3.86. The molecule has 0 spiro atoms. The van der Waals surface area contributed by atoms with Gasteiger partial charge in [0.15, 0.2) is 6.04 Å². The quantitative estimate of drug-likeness (QED) is 0.276. The Hall–Kier alpha value is -1.94. The molecule has 2 atom stereocenters. The van der Waals surface area contributed by atoms with Gasteiger partial charge in [-0.05, 0) is 17.2 Å². The van der Waals surface area contributed by atoms with Crippen LogP contribution in [0.15, 0.2) is 59.6 Å². The van der Waals surface area contributed by atoms with E-state index in [1.54, 1.807) is 24.4 Å². The van der Waals surface area contributed by atoms with E-state index in [2.05, 4.69) is 4.99 Å². The second-order valence-corrected chi connectivity index (χ2v) is 4.47. The lowest BCUT2D eigenvalue weighted by Gasteiger charge is -2.21. The number of allylic oxidation sites excluding steroid dienone is 2. The zero-order chi connectivity index (χ0) is 13.0. The maximum Gasteiger partial charge on any atom is 0.339 e. The zero-order valence-corrected chi connectivity index (χ0v) is 10.2. The fourth-order valence-corrected chi connectivity index (χ4v) is 1.82. The molecule has 4 nitrogen and oxygen atoms in total. The van der Waals surface area contributed by atoms with Crippen molar-refractivity contribution in [3.8, 4) is 0 Å². The van der Waals surface area contributed by atoms with Gasteiger partial charge in [-0.3, -0.25) is 15.1 Å². The van der Waals surface area contributed by atoms with Crippen molar-refractivity contribution in [1.82, 2.24) is 0 Å². The molecule has 1 aromatic rings. The van der Waals surface area contributed by atoms with Crippen molar-refractivity contribution >= 4 is 17.8 Å². The molecule has 1 aliphatic rings. The number of alkyl halides is 1. The highest BCUT2D eigenvalue weighted by Crippen LogP contribution is 2.29. The maximum atomic E-state index is 11.0. The van der Waals surface area contributed by atoms with Crippen LogP contribution < -0.4 is 0 Å². The van der Waals surface area contributed by atoms with Crippen LogP contribution in [-0.2, 0) is 0 Å². The highest BCUT2D eigenvalue weighted by Gasteiger charge is 2.46. The van der Waals surface area contributed by atoms with E-state index in [1.165, 1.54) is 6.08 Å². The summed E-state index contributed by atoms with van der Waals surface area (Å²) in [6, 6.07) is 8.67. The molecule has 0 saturated carbocycles. The second kappa shape index (κ2) is 5.14. The van der Waals surface area contributed by atoms with Crippen molar-refractivity contribution in [3.05, 3.63) is 70.3 Å². The molecule has 2 unspecified atom stereocenters. The first-order chi connectivity index (χ1) is 8.63. The van der Waals surface area contributed by atoms with Gasteiger partial charge in [-0.25, -0.2) is 0 Å². The Bertz CT molecular complexity index is 525. The lowest BCUT2D eigenvalue weighted by atomic mass is 10.0. The predicted octanol–water partition coefficient (Wildman–Crippen LogP) is 2.81. The summed E-state index contributed by atoms with van der Waals surface area (Å²) in [4.78, 5) is 13.0. The number of nitro groups is 1. The van der Waals surface area contributed by atoms with Gasteiger partial charge in [-0.15, -0.1) is 0 Å². The zero-order valence-electron chi connectivity index (χ0n) is 9.44. The molecule has 5 heteroatoms. The largest absolute Gasteiger partial charge is 0.339 e. The Kier molecular flexibility index (Phi) is 3.58. The van der Waals surface area contributed by atoms with Gasteiger partial charge in [0.2, 0.25) is 0 Å². The number of halogens is 1. The first-order valence-electron chi connectivity index (χ1n) is 5.40. The van der Waals surface area contributed by atoms with Crippen LogP contribution in [0.1, 0.15) is 5.56 Å². The summed E-state index contributed by atoms with van der Waals surface area (Å²) in [5, 5.41) is 11.0. The number of aliphatic imine (C=N–C) groups is 1. The van der Waals surface area contributed by atoms with Crippen LogP contribution in [0.5, 0.6) is 0 Å².